The average Bonchev–Trinajstić information content (AvgIpc) is 2.26. The van der Waals surface area contributed by atoms with Crippen LogP contribution < -0.4 is 10.9 Å². The van der Waals surface area contributed by atoms with Crippen molar-refractivity contribution >= 4 is 22.7 Å². The maximum Gasteiger partial charge on any atom is 0.423 e. The van der Waals surface area contributed by atoms with E-state index in [0.29, 0.717) is 5.69 Å². The number of hydrazine groups is 1. The molecule has 2 rings (SSSR count). The highest BCUT2D eigenvalue weighted by Gasteiger charge is 2.03. The molecule has 82 valence electrons. The van der Waals surface area contributed by atoms with Crippen LogP contribution in [-0.2, 0) is 0 Å². The van der Waals surface area contributed by atoms with Gasteiger partial charge in [0, 0.05) is 5.39 Å². The number of amides is 1. The molecule has 0 fully saturated rings. The van der Waals surface area contributed by atoms with Gasteiger partial charge in [-0.25, -0.2) is 10.2 Å². The first kappa shape index (κ1) is 10.2. The van der Waals surface area contributed by atoms with Crippen molar-refractivity contribution in [1.29, 1.82) is 0 Å². The van der Waals surface area contributed by atoms with Gasteiger partial charge in [-0.3, -0.25) is 10.4 Å². The summed E-state index contributed by atoms with van der Waals surface area (Å²) in [4.78, 5) is 14.7. The first-order valence-electron chi connectivity index (χ1n) is 4.78. The van der Waals surface area contributed by atoms with E-state index in [1.165, 1.54) is 0 Å². The number of carboxylic acid groups (broad SMARTS) is 1. The summed E-state index contributed by atoms with van der Waals surface area (Å²) in [5, 5.41) is 9.45. The van der Waals surface area contributed by atoms with Crippen molar-refractivity contribution in [1.82, 2.24) is 10.4 Å². The summed E-state index contributed by atoms with van der Waals surface area (Å²) in [6, 6.07) is 9.52. The molecular formula is C11H11N3O2. The van der Waals surface area contributed by atoms with Crippen LogP contribution in [0.15, 0.2) is 30.3 Å². The number of pyridine rings is 1. The van der Waals surface area contributed by atoms with Gasteiger partial charge in [0.15, 0.2) is 0 Å². The zero-order valence-corrected chi connectivity index (χ0v) is 8.69. The fourth-order valence-corrected chi connectivity index (χ4v) is 1.46. The van der Waals surface area contributed by atoms with Crippen LogP contribution in [0.5, 0.6) is 0 Å². The van der Waals surface area contributed by atoms with Crippen molar-refractivity contribution in [2.75, 3.05) is 5.43 Å². The quantitative estimate of drug-likeness (QED) is 0.674. The second-order valence-electron chi connectivity index (χ2n) is 3.37. The van der Waals surface area contributed by atoms with Gasteiger partial charge in [-0.05, 0) is 19.1 Å². The van der Waals surface area contributed by atoms with Gasteiger partial charge in [0.2, 0.25) is 0 Å². The maximum absolute atomic E-state index is 10.4. The van der Waals surface area contributed by atoms with Crippen molar-refractivity contribution in [2.24, 2.45) is 0 Å². The van der Waals surface area contributed by atoms with E-state index in [4.69, 9.17) is 5.11 Å². The topological polar surface area (TPSA) is 74.2 Å². The molecule has 0 spiro atoms. The Morgan fingerprint density at radius 3 is 2.88 bits per heavy atom. The Morgan fingerprint density at radius 2 is 2.12 bits per heavy atom. The summed E-state index contributed by atoms with van der Waals surface area (Å²) in [7, 11) is 0. The number of aryl methyl sites for hydroxylation is 1. The van der Waals surface area contributed by atoms with E-state index in [-0.39, 0.29) is 0 Å². The predicted octanol–water partition coefficient (Wildman–Crippen LogP) is 2.14. The van der Waals surface area contributed by atoms with E-state index >= 15 is 0 Å². The van der Waals surface area contributed by atoms with Crippen LogP contribution in [0.1, 0.15) is 5.69 Å². The number of nitrogens with one attached hydrogen (secondary N) is 2. The third kappa shape index (κ3) is 2.03. The lowest BCUT2D eigenvalue weighted by molar-refractivity contribution is 0.197. The van der Waals surface area contributed by atoms with Crippen LogP contribution in [0, 0.1) is 6.92 Å². The molecule has 0 saturated carbocycles. The summed E-state index contributed by atoms with van der Waals surface area (Å²) < 4.78 is 0. The Bertz CT molecular complexity index is 540. The number of rotatable bonds is 2. The molecule has 0 unspecified atom stereocenters. The number of nitrogens with zero attached hydrogens (tertiary/aromatic N) is 1. The Kier molecular flexibility index (Phi) is 2.59. The number of aromatic nitrogens is 1. The van der Waals surface area contributed by atoms with E-state index < -0.39 is 6.09 Å². The molecular weight excluding hydrogens is 206 g/mol. The van der Waals surface area contributed by atoms with Gasteiger partial charge in [-0.2, -0.15) is 0 Å². The molecule has 0 aliphatic carbocycles. The minimum absolute atomic E-state index is 0.654. The smallest absolute Gasteiger partial charge is 0.423 e. The number of hydrogen-bond acceptors (Lipinski definition) is 3. The Hall–Kier alpha value is -2.30. The molecule has 5 heteroatoms. The van der Waals surface area contributed by atoms with E-state index in [2.05, 4.69) is 15.8 Å². The van der Waals surface area contributed by atoms with Gasteiger partial charge in [-0.15, -0.1) is 0 Å². The number of anilines is 1. The molecule has 0 saturated heterocycles. The van der Waals surface area contributed by atoms with Crippen molar-refractivity contribution in [3.63, 3.8) is 0 Å². The van der Waals surface area contributed by atoms with Gasteiger partial charge in [0.25, 0.3) is 0 Å². The lowest BCUT2D eigenvalue weighted by Crippen LogP contribution is -2.27. The minimum atomic E-state index is -1.13. The Labute approximate surface area is 92.1 Å². The van der Waals surface area contributed by atoms with Crippen LogP contribution in [-0.4, -0.2) is 16.2 Å². The van der Waals surface area contributed by atoms with Gasteiger partial charge < -0.3 is 5.11 Å². The van der Waals surface area contributed by atoms with Crippen molar-refractivity contribution in [3.05, 3.63) is 36.0 Å². The minimum Gasteiger partial charge on any atom is -0.464 e. The third-order valence-electron chi connectivity index (χ3n) is 2.22. The summed E-state index contributed by atoms with van der Waals surface area (Å²) >= 11 is 0. The molecule has 1 aromatic carbocycles. The number of hydrogen-bond donors (Lipinski definition) is 3. The first-order valence-corrected chi connectivity index (χ1v) is 4.78. The molecule has 5 nitrogen and oxygen atoms in total. The normalized spacial score (nSPS) is 10.1. The largest absolute Gasteiger partial charge is 0.464 e. The first-order chi connectivity index (χ1) is 7.66. The summed E-state index contributed by atoms with van der Waals surface area (Å²) in [5.74, 6) is 0. The highest BCUT2D eigenvalue weighted by atomic mass is 16.4. The van der Waals surface area contributed by atoms with Crippen LogP contribution >= 0.6 is 0 Å². The van der Waals surface area contributed by atoms with Gasteiger partial charge in [0.05, 0.1) is 16.9 Å². The van der Waals surface area contributed by atoms with E-state index in [9.17, 15) is 4.79 Å². The van der Waals surface area contributed by atoms with Crippen LogP contribution in [0.4, 0.5) is 10.5 Å². The number of para-hydroxylation sites is 1. The van der Waals surface area contributed by atoms with Crippen LogP contribution in [0.3, 0.4) is 0 Å². The molecule has 0 atom stereocenters. The zero-order valence-electron chi connectivity index (χ0n) is 8.69. The average molecular weight is 217 g/mol. The van der Waals surface area contributed by atoms with Crippen molar-refractivity contribution in [3.8, 4) is 0 Å². The van der Waals surface area contributed by atoms with Gasteiger partial charge in [0.1, 0.15) is 0 Å². The fraction of sp³-hybridized carbons (Fsp3) is 0.0909. The van der Waals surface area contributed by atoms with Crippen LogP contribution in [0.25, 0.3) is 10.9 Å². The molecule has 1 amide bonds. The molecule has 0 aliphatic heterocycles. The van der Waals surface area contributed by atoms with E-state index in [1.807, 2.05) is 37.3 Å². The lowest BCUT2D eigenvalue weighted by atomic mass is 10.2. The molecule has 1 aromatic heterocycles. The zero-order chi connectivity index (χ0) is 11.5. The Morgan fingerprint density at radius 1 is 1.38 bits per heavy atom. The number of benzene rings is 1. The molecule has 0 radical (unpaired) electrons. The standard InChI is InChI=1S/C11H11N3O2/c1-7-10(13-14-11(15)16)6-8-4-2-3-5-9(8)12-7/h2-6,13-14H,1H3,(H,15,16). The fourth-order valence-electron chi connectivity index (χ4n) is 1.46. The summed E-state index contributed by atoms with van der Waals surface area (Å²) in [5.41, 5.74) is 6.97. The monoisotopic (exact) mass is 217 g/mol. The number of carbonyl (C=O) groups is 1. The highest BCUT2D eigenvalue weighted by Crippen LogP contribution is 2.19. The number of fused-ring (bicyclic) bond motifs is 1. The molecule has 0 aliphatic rings. The summed E-state index contributed by atoms with van der Waals surface area (Å²) in [6.45, 7) is 1.82. The predicted molar refractivity (Wildman–Crippen MR) is 61.3 cm³/mol. The van der Waals surface area contributed by atoms with E-state index in [0.717, 1.165) is 16.6 Å². The lowest BCUT2D eigenvalue weighted by Gasteiger charge is -2.09. The second-order valence-corrected chi connectivity index (χ2v) is 3.37. The van der Waals surface area contributed by atoms with E-state index in [1.54, 1.807) is 0 Å². The van der Waals surface area contributed by atoms with Crippen LogP contribution in [0.2, 0.25) is 0 Å². The molecule has 3 N–H and O–H groups in total. The van der Waals surface area contributed by atoms with Crippen molar-refractivity contribution < 1.29 is 9.90 Å². The van der Waals surface area contributed by atoms with Crippen molar-refractivity contribution in [2.45, 2.75) is 6.92 Å². The SMILES string of the molecule is Cc1nc2ccccc2cc1NNC(=O)O. The molecule has 16 heavy (non-hydrogen) atoms. The second kappa shape index (κ2) is 4.06. The third-order valence-corrected chi connectivity index (χ3v) is 2.22. The van der Waals surface area contributed by atoms with Gasteiger partial charge in [-0.1, -0.05) is 18.2 Å². The maximum atomic E-state index is 10.4. The highest BCUT2D eigenvalue weighted by molar-refractivity contribution is 5.83. The molecule has 2 aromatic rings. The molecule has 0 bridgehead atoms. The summed E-state index contributed by atoms with van der Waals surface area (Å²) in [6.07, 6.45) is -1.13. The molecule has 1 heterocycles. The Balaban J connectivity index is 2.38. The van der Waals surface area contributed by atoms with Gasteiger partial charge >= 0.3 is 6.09 Å².